The van der Waals surface area contributed by atoms with E-state index in [0.717, 1.165) is 30.5 Å². The normalized spacial score (nSPS) is 21.8. The Kier molecular flexibility index (Phi) is 4.69. The van der Waals surface area contributed by atoms with Crippen LogP contribution in [0.4, 0.5) is 0 Å². The Morgan fingerprint density at radius 1 is 1.42 bits per heavy atom. The molecule has 0 aliphatic carbocycles. The largest absolute Gasteiger partial charge is 0.465 e. The van der Waals surface area contributed by atoms with Crippen molar-refractivity contribution in [3.05, 3.63) is 23.7 Å². The molecule has 2 rings (SSSR count). The quantitative estimate of drug-likeness (QED) is 0.885. The standard InChI is InChI=1S/C16H28N2O/c1-13-6-5-9-18(11-13)16(3,4)12-17-10-15-8-7-14(2)19-15/h7-8,13,17H,5-6,9-12H2,1-4H3. The zero-order valence-electron chi connectivity index (χ0n) is 12.8. The second-order valence-electron chi connectivity index (χ2n) is 6.62. The molecule has 1 aromatic heterocycles. The van der Waals surface area contributed by atoms with Crippen LogP contribution in [0.2, 0.25) is 0 Å². The molecule has 3 nitrogen and oxygen atoms in total. The molecule has 19 heavy (non-hydrogen) atoms. The first kappa shape index (κ1) is 14.6. The van der Waals surface area contributed by atoms with E-state index in [9.17, 15) is 0 Å². The Balaban J connectivity index is 1.80. The summed E-state index contributed by atoms with van der Waals surface area (Å²) in [5.74, 6) is 2.85. The summed E-state index contributed by atoms with van der Waals surface area (Å²) in [4.78, 5) is 2.63. The summed E-state index contributed by atoms with van der Waals surface area (Å²) in [5.41, 5.74) is 0.219. The maximum atomic E-state index is 5.58. The molecule has 1 unspecified atom stereocenters. The number of hydrogen-bond donors (Lipinski definition) is 1. The minimum absolute atomic E-state index is 0.219. The highest BCUT2D eigenvalue weighted by Gasteiger charge is 2.29. The Labute approximate surface area is 117 Å². The van der Waals surface area contributed by atoms with E-state index in [1.165, 1.54) is 25.9 Å². The van der Waals surface area contributed by atoms with Crippen molar-refractivity contribution in [3.8, 4) is 0 Å². The van der Waals surface area contributed by atoms with Crippen LogP contribution in [0.25, 0.3) is 0 Å². The van der Waals surface area contributed by atoms with Crippen molar-refractivity contribution in [3.63, 3.8) is 0 Å². The second-order valence-corrected chi connectivity index (χ2v) is 6.62. The third-order valence-corrected chi connectivity index (χ3v) is 4.17. The van der Waals surface area contributed by atoms with Gasteiger partial charge < -0.3 is 9.73 Å². The second kappa shape index (κ2) is 6.10. The highest BCUT2D eigenvalue weighted by molar-refractivity contribution is 5.05. The fourth-order valence-electron chi connectivity index (χ4n) is 2.92. The Morgan fingerprint density at radius 3 is 2.84 bits per heavy atom. The summed E-state index contributed by atoms with van der Waals surface area (Å²) in [6.45, 7) is 13.3. The molecule has 1 fully saturated rings. The fraction of sp³-hybridized carbons (Fsp3) is 0.750. The third kappa shape index (κ3) is 4.08. The van der Waals surface area contributed by atoms with E-state index < -0.39 is 0 Å². The summed E-state index contributed by atoms with van der Waals surface area (Å²) in [7, 11) is 0. The molecule has 1 saturated heterocycles. The summed E-state index contributed by atoms with van der Waals surface area (Å²) < 4.78 is 5.58. The minimum Gasteiger partial charge on any atom is -0.465 e. The zero-order chi connectivity index (χ0) is 13.9. The van der Waals surface area contributed by atoms with Crippen molar-refractivity contribution in [2.45, 2.75) is 52.6 Å². The van der Waals surface area contributed by atoms with Crippen LogP contribution in [0, 0.1) is 12.8 Å². The summed E-state index contributed by atoms with van der Waals surface area (Å²) in [6, 6.07) is 4.08. The van der Waals surface area contributed by atoms with Gasteiger partial charge in [0.25, 0.3) is 0 Å². The number of aryl methyl sites for hydroxylation is 1. The molecule has 0 saturated carbocycles. The van der Waals surface area contributed by atoms with Crippen molar-refractivity contribution in [2.75, 3.05) is 19.6 Å². The lowest BCUT2D eigenvalue weighted by molar-refractivity contribution is 0.0703. The molecule has 108 valence electrons. The van der Waals surface area contributed by atoms with E-state index in [1.54, 1.807) is 0 Å². The van der Waals surface area contributed by atoms with Crippen molar-refractivity contribution < 1.29 is 4.42 Å². The van der Waals surface area contributed by atoms with Gasteiger partial charge in [0.15, 0.2) is 0 Å². The van der Waals surface area contributed by atoms with Crippen LogP contribution in [-0.2, 0) is 6.54 Å². The van der Waals surface area contributed by atoms with Crippen molar-refractivity contribution in [2.24, 2.45) is 5.92 Å². The lowest BCUT2D eigenvalue weighted by Crippen LogP contribution is -2.53. The number of nitrogens with zero attached hydrogens (tertiary/aromatic N) is 1. The van der Waals surface area contributed by atoms with Crippen LogP contribution >= 0.6 is 0 Å². The molecular formula is C16H28N2O. The molecule has 0 bridgehead atoms. The highest BCUT2D eigenvalue weighted by atomic mass is 16.3. The number of hydrogen-bond acceptors (Lipinski definition) is 3. The van der Waals surface area contributed by atoms with E-state index in [-0.39, 0.29) is 5.54 Å². The molecule has 1 N–H and O–H groups in total. The van der Waals surface area contributed by atoms with Crippen molar-refractivity contribution in [1.82, 2.24) is 10.2 Å². The summed E-state index contributed by atoms with van der Waals surface area (Å²) in [5, 5.41) is 3.53. The number of rotatable bonds is 5. The van der Waals surface area contributed by atoms with Gasteiger partial charge >= 0.3 is 0 Å². The SMILES string of the molecule is Cc1ccc(CNCC(C)(C)N2CCCC(C)C2)o1. The van der Waals surface area contributed by atoms with Crippen LogP contribution in [-0.4, -0.2) is 30.1 Å². The molecule has 1 aliphatic rings. The first-order valence-electron chi connectivity index (χ1n) is 7.48. The summed E-state index contributed by atoms with van der Waals surface area (Å²) in [6.07, 6.45) is 2.72. The van der Waals surface area contributed by atoms with E-state index >= 15 is 0 Å². The first-order valence-corrected chi connectivity index (χ1v) is 7.48. The van der Waals surface area contributed by atoms with Gasteiger partial charge in [-0.2, -0.15) is 0 Å². The van der Waals surface area contributed by atoms with Crippen LogP contribution in [0.15, 0.2) is 16.5 Å². The Hall–Kier alpha value is -0.800. The number of furan rings is 1. The van der Waals surface area contributed by atoms with Gasteiger partial charge in [-0.1, -0.05) is 6.92 Å². The Bertz CT molecular complexity index is 397. The third-order valence-electron chi connectivity index (χ3n) is 4.17. The van der Waals surface area contributed by atoms with Crippen LogP contribution in [0.5, 0.6) is 0 Å². The maximum absolute atomic E-state index is 5.58. The van der Waals surface area contributed by atoms with Gasteiger partial charge in [-0.05, 0) is 58.2 Å². The minimum atomic E-state index is 0.219. The fourth-order valence-corrected chi connectivity index (χ4v) is 2.92. The average Bonchev–Trinajstić information content (AvgIpc) is 2.75. The van der Waals surface area contributed by atoms with Crippen molar-refractivity contribution in [1.29, 1.82) is 0 Å². The molecule has 0 radical (unpaired) electrons. The molecule has 0 spiro atoms. The van der Waals surface area contributed by atoms with Gasteiger partial charge in [0.1, 0.15) is 11.5 Å². The van der Waals surface area contributed by atoms with Gasteiger partial charge in [0.2, 0.25) is 0 Å². The molecule has 2 heterocycles. The van der Waals surface area contributed by atoms with Crippen LogP contribution in [0.3, 0.4) is 0 Å². The number of likely N-dealkylation sites (tertiary alicyclic amines) is 1. The molecule has 1 atom stereocenters. The molecule has 0 amide bonds. The molecule has 1 aromatic rings. The predicted octanol–water partition coefficient (Wildman–Crippen LogP) is 3.19. The topological polar surface area (TPSA) is 28.4 Å². The summed E-state index contributed by atoms with van der Waals surface area (Å²) >= 11 is 0. The van der Waals surface area contributed by atoms with E-state index in [2.05, 4.69) is 37.1 Å². The monoisotopic (exact) mass is 264 g/mol. The lowest BCUT2D eigenvalue weighted by Gasteiger charge is -2.43. The average molecular weight is 264 g/mol. The number of nitrogens with one attached hydrogen (secondary N) is 1. The first-order chi connectivity index (χ1) is 8.97. The predicted molar refractivity (Wildman–Crippen MR) is 79.2 cm³/mol. The van der Waals surface area contributed by atoms with Gasteiger partial charge in [-0.25, -0.2) is 0 Å². The highest BCUT2D eigenvalue weighted by Crippen LogP contribution is 2.23. The van der Waals surface area contributed by atoms with Crippen LogP contribution < -0.4 is 5.32 Å². The smallest absolute Gasteiger partial charge is 0.117 e. The molecule has 0 aromatic carbocycles. The van der Waals surface area contributed by atoms with Crippen LogP contribution in [0.1, 0.15) is 45.1 Å². The zero-order valence-corrected chi connectivity index (χ0v) is 12.8. The Morgan fingerprint density at radius 2 is 2.21 bits per heavy atom. The van der Waals surface area contributed by atoms with E-state index in [1.807, 2.05) is 13.0 Å². The molecular weight excluding hydrogens is 236 g/mol. The van der Waals surface area contributed by atoms with Gasteiger partial charge in [0, 0.05) is 18.6 Å². The number of piperidine rings is 1. The van der Waals surface area contributed by atoms with E-state index in [0.29, 0.717) is 0 Å². The van der Waals surface area contributed by atoms with E-state index in [4.69, 9.17) is 4.42 Å². The molecule has 3 heteroatoms. The molecule has 1 aliphatic heterocycles. The maximum Gasteiger partial charge on any atom is 0.117 e. The van der Waals surface area contributed by atoms with Crippen molar-refractivity contribution >= 4 is 0 Å². The van der Waals surface area contributed by atoms with Gasteiger partial charge in [-0.15, -0.1) is 0 Å². The lowest BCUT2D eigenvalue weighted by atomic mass is 9.93. The van der Waals surface area contributed by atoms with Gasteiger partial charge in [0.05, 0.1) is 6.54 Å². The van der Waals surface area contributed by atoms with Gasteiger partial charge in [-0.3, -0.25) is 4.90 Å².